The Morgan fingerprint density at radius 3 is 2.14 bits per heavy atom. The van der Waals surface area contributed by atoms with Gasteiger partial charge in [-0.2, -0.15) is 0 Å². The van der Waals surface area contributed by atoms with Gasteiger partial charge >= 0.3 is 12.1 Å². The van der Waals surface area contributed by atoms with Crippen LogP contribution in [0.25, 0.3) is 11.1 Å². The van der Waals surface area contributed by atoms with E-state index in [1.54, 1.807) is 4.90 Å². The summed E-state index contributed by atoms with van der Waals surface area (Å²) in [5.41, 5.74) is 4.01. The van der Waals surface area contributed by atoms with Crippen LogP contribution in [0.5, 0.6) is 0 Å². The fourth-order valence-electron chi connectivity index (χ4n) is 5.29. The van der Waals surface area contributed by atoms with Crippen molar-refractivity contribution in [1.82, 2.24) is 10.2 Å². The van der Waals surface area contributed by atoms with E-state index in [0.717, 1.165) is 22.3 Å². The van der Waals surface area contributed by atoms with Crippen LogP contribution < -0.4 is 5.32 Å². The number of amides is 2. The van der Waals surface area contributed by atoms with E-state index in [1.165, 1.54) is 0 Å². The van der Waals surface area contributed by atoms with Gasteiger partial charge in [0.15, 0.2) is 0 Å². The zero-order valence-corrected chi connectivity index (χ0v) is 20.8. The van der Waals surface area contributed by atoms with Crippen LogP contribution in [0, 0.1) is 17.3 Å². The molecule has 1 heterocycles. The number of carbonyl (C=O) groups is 3. The lowest BCUT2D eigenvalue weighted by atomic mass is 9.86. The van der Waals surface area contributed by atoms with Crippen LogP contribution in [0.1, 0.15) is 51.2 Å². The van der Waals surface area contributed by atoms with Crippen molar-refractivity contribution in [3.63, 3.8) is 0 Å². The van der Waals surface area contributed by atoms with Crippen molar-refractivity contribution >= 4 is 18.0 Å². The lowest BCUT2D eigenvalue weighted by molar-refractivity contribution is -0.139. The van der Waals surface area contributed by atoms with E-state index in [-0.39, 0.29) is 36.7 Å². The Kier molecular flexibility index (Phi) is 6.88. The molecule has 7 heteroatoms. The zero-order valence-electron chi connectivity index (χ0n) is 20.8. The topological polar surface area (TPSA) is 95.9 Å². The van der Waals surface area contributed by atoms with Crippen LogP contribution in [0.4, 0.5) is 4.79 Å². The van der Waals surface area contributed by atoms with E-state index >= 15 is 0 Å². The second-order valence-electron chi connectivity index (χ2n) is 10.8. The first kappa shape index (κ1) is 24.8. The van der Waals surface area contributed by atoms with E-state index in [4.69, 9.17) is 9.84 Å². The molecule has 1 saturated heterocycles. The first-order valence-corrected chi connectivity index (χ1v) is 12.2. The van der Waals surface area contributed by atoms with Crippen molar-refractivity contribution in [3.8, 4) is 11.1 Å². The molecule has 7 nitrogen and oxygen atoms in total. The van der Waals surface area contributed by atoms with Gasteiger partial charge in [-0.05, 0) is 39.5 Å². The predicted octanol–water partition coefficient (Wildman–Crippen LogP) is 4.51. The molecule has 186 valence electrons. The molecule has 2 N–H and O–H groups in total. The van der Waals surface area contributed by atoms with E-state index in [9.17, 15) is 14.4 Å². The minimum atomic E-state index is -0.861. The molecule has 4 rings (SSSR count). The third-order valence-electron chi connectivity index (χ3n) is 7.24. The molecular weight excluding hydrogens is 444 g/mol. The molecule has 0 saturated carbocycles. The Morgan fingerprint density at radius 1 is 1.03 bits per heavy atom. The lowest BCUT2D eigenvalue weighted by Crippen LogP contribution is -2.54. The fourth-order valence-corrected chi connectivity index (χ4v) is 5.29. The molecule has 2 unspecified atom stereocenters. The maximum Gasteiger partial charge on any atom is 0.407 e. The van der Waals surface area contributed by atoms with Crippen LogP contribution in [0.15, 0.2) is 48.5 Å². The fraction of sp³-hybridized carbons (Fsp3) is 0.464. The Labute approximate surface area is 206 Å². The number of fused-ring (bicyclic) bond motifs is 3. The van der Waals surface area contributed by atoms with Crippen molar-refractivity contribution in [1.29, 1.82) is 0 Å². The van der Waals surface area contributed by atoms with Gasteiger partial charge in [-0.15, -0.1) is 0 Å². The maximum atomic E-state index is 13.4. The van der Waals surface area contributed by atoms with Crippen molar-refractivity contribution in [2.75, 3.05) is 19.7 Å². The molecule has 2 aromatic rings. The molecule has 1 fully saturated rings. The maximum absolute atomic E-state index is 13.4. The molecule has 3 atom stereocenters. The SMILES string of the molecule is CC1CN(C(=O)[C@@H](NC(=O)OCC2c3ccccc3-c3ccccc32)C(C)(C)C)CC1CC(=O)O. The zero-order chi connectivity index (χ0) is 25.3. The lowest BCUT2D eigenvalue weighted by Gasteiger charge is -2.33. The van der Waals surface area contributed by atoms with Gasteiger partial charge in [-0.25, -0.2) is 4.79 Å². The summed E-state index contributed by atoms with van der Waals surface area (Å²) in [4.78, 5) is 39.1. The minimum absolute atomic E-state index is 0.0327. The second kappa shape index (κ2) is 9.72. The van der Waals surface area contributed by atoms with Crippen molar-refractivity contribution in [2.45, 2.75) is 46.1 Å². The summed E-state index contributed by atoms with van der Waals surface area (Å²) >= 11 is 0. The number of ether oxygens (including phenoxy) is 1. The van der Waals surface area contributed by atoms with Gasteiger partial charge in [0.05, 0.1) is 6.42 Å². The summed E-state index contributed by atoms with van der Waals surface area (Å²) in [5.74, 6) is -1.13. The smallest absolute Gasteiger partial charge is 0.407 e. The Hall–Kier alpha value is -3.35. The average Bonchev–Trinajstić information content (AvgIpc) is 3.32. The van der Waals surface area contributed by atoms with E-state index in [0.29, 0.717) is 13.1 Å². The molecule has 0 aromatic heterocycles. The number of benzene rings is 2. The standard InChI is InChI=1S/C28H34N2O5/c1-17-14-30(15-18(17)13-24(31)32)26(33)25(28(2,3)4)29-27(34)35-16-23-21-11-7-5-9-19(21)20-10-6-8-12-22(20)23/h5-12,17-18,23,25H,13-16H2,1-4H3,(H,29,34)(H,31,32)/t17?,18?,25-/m1/s1. The van der Waals surface area contributed by atoms with E-state index in [2.05, 4.69) is 29.6 Å². The molecule has 35 heavy (non-hydrogen) atoms. The first-order valence-electron chi connectivity index (χ1n) is 12.2. The Balaban J connectivity index is 1.43. The van der Waals surface area contributed by atoms with E-state index < -0.39 is 23.5 Å². The van der Waals surface area contributed by atoms with E-state index in [1.807, 2.05) is 52.0 Å². The molecule has 0 spiro atoms. The number of likely N-dealkylation sites (tertiary alicyclic amines) is 1. The van der Waals surface area contributed by atoms with Gasteiger partial charge in [-0.3, -0.25) is 9.59 Å². The number of carboxylic acids is 1. The number of rotatable bonds is 6. The van der Waals surface area contributed by atoms with Gasteiger partial charge in [0.1, 0.15) is 12.6 Å². The number of aliphatic carboxylic acids is 1. The van der Waals surface area contributed by atoms with Crippen molar-refractivity contribution < 1.29 is 24.2 Å². The summed E-state index contributed by atoms with van der Waals surface area (Å²) in [7, 11) is 0. The van der Waals surface area contributed by atoms with Gasteiger partial charge in [0.2, 0.25) is 5.91 Å². The Bertz CT molecular complexity index is 1080. The normalized spacial score (nSPS) is 20.2. The molecular formula is C28H34N2O5. The van der Waals surface area contributed by atoms with Gasteiger partial charge < -0.3 is 20.1 Å². The summed E-state index contributed by atoms with van der Waals surface area (Å²) in [6.45, 7) is 8.69. The third kappa shape index (κ3) is 5.19. The quantitative estimate of drug-likeness (QED) is 0.637. The number of nitrogens with zero attached hydrogens (tertiary/aromatic N) is 1. The van der Waals surface area contributed by atoms with Crippen LogP contribution in [0.3, 0.4) is 0 Å². The molecule has 1 aliphatic carbocycles. The third-order valence-corrected chi connectivity index (χ3v) is 7.24. The molecule has 2 amide bonds. The first-order chi connectivity index (χ1) is 16.6. The number of nitrogens with one attached hydrogen (secondary N) is 1. The highest BCUT2D eigenvalue weighted by atomic mass is 16.5. The summed E-state index contributed by atoms with van der Waals surface area (Å²) in [6.07, 6.45) is -0.597. The molecule has 2 aromatic carbocycles. The largest absolute Gasteiger partial charge is 0.481 e. The number of hydrogen-bond donors (Lipinski definition) is 2. The molecule has 2 aliphatic rings. The van der Waals surface area contributed by atoms with Crippen molar-refractivity contribution in [2.24, 2.45) is 17.3 Å². The number of carboxylic acid groups (broad SMARTS) is 1. The highest BCUT2D eigenvalue weighted by molar-refractivity contribution is 5.87. The minimum Gasteiger partial charge on any atom is -0.481 e. The molecule has 0 bridgehead atoms. The summed E-state index contributed by atoms with van der Waals surface area (Å²) in [6, 6.07) is 15.5. The van der Waals surface area contributed by atoms with Crippen LogP contribution in [-0.4, -0.2) is 53.7 Å². The van der Waals surface area contributed by atoms with Gasteiger partial charge in [0.25, 0.3) is 0 Å². The van der Waals surface area contributed by atoms with Crippen LogP contribution >= 0.6 is 0 Å². The van der Waals surface area contributed by atoms with Gasteiger partial charge in [0, 0.05) is 19.0 Å². The Morgan fingerprint density at radius 2 is 1.60 bits per heavy atom. The highest BCUT2D eigenvalue weighted by Gasteiger charge is 2.41. The summed E-state index contributed by atoms with van der Waals surface area (Å²) in [5, 5.41) is 12.0. The number of hydrogen-bond acceptors (Lipinski definition) is 4. The predicted molar refractivity (Wildman–Crippen MR) is 133 cm³/mol. The van der Waals surface area contributed by atoms with Crippen LogP contribution in [-0.2, 0) is 14.3 Å². The summed E-state index contributed by atoms with van der Waals surface area (Å²) < 4.78 is 5.67. The monoisotopic (exact) mass is 478 g/mol. The molecule has 1 aliphatic heterocycles. The molecule has 0 radical (unpaired) electrons. The second-order valence-corrected chi connectivity index (χ2v) is 10.8. The highest BCUT2D eigenvalue weighted by Crippen LogP contribution is 2.44. The van der Waals surface area contributed by atoms with Crippen molar-refractivity contribution in [3.05, 3.63) is 59.7 Å². The number of alkyl carbamates (subject to hydrolysis) is 1. The number of carbonyl (C=O) groups excluding carboxylic acids is 2. The van der Waals surface area contributed by atoms with Crippen LogP contribution in [0.2, 0.25) is 0 Å². The average molecular weight is 479 g/mol. The van der Waals surface area contributed by atoms with Gasteiger partial charge in [-0.1, -0.05) is 76.2 Å².